The first kappa shape index (κ1) is 15.5. The molecular weight excluding hydrogens is 320 g/mol. The van der Waals surface area contributed by atoms with Crippen LogP contribution < -0.4 is 5.32 Å². The molecule has 1 aliphatic heterocycles. The highest BCUT2D eigenvalue weighted by atomic mass is 35.5. The SMILES string of the molecule is CNC(=O)c1ccn(C2CCCN(Cc3ccc(Cl)s3)C2)n1. The third-order valence-corrected chi connectivity index (χ3v) is 5.15. The molecule has 3 rings (SSSR count). The molecule has 2 aromatic rings. The van der Waals surface area contributed by atoms with E-state index in [1.807, 2.05) is 16.9 Å². The second-order valence-corrected chi connectivity index (χ2v) is 7.30. The number of carbonyl (C=O) groups excluding carboxylic acids is 1. The first-order valence-electron chi connectivity index (χ1n) is 7.39. The molecule has 1 N–H and O–H groups in total. The van der Waals surface area contributed by atoms with Gasteiger partial charge in [0.15, 0.2) is 0 Å². The summed E-state index contributed by atoms with van der Waals surface area (Å²) in [5, 5.41) is 7.01. The minimum Gasteiger partial charge on any atom is -0.354 e. The summed E-state index contributed by atoms with van der Waals surface area (Å²) >= 11 is 7.63. The van der Waals surface area contributed by atoms with Crippen LogP contribution in [0.25, 0.3) is 0 Å². The largest absolute Gasteiger partial charge is 0.354 e. The number of thiophene rings is 1. The number of likely N-dealkylation sites (tertiary alicyclic amines) is 1. The van der Waals surface area contributed by atoms with E-state index in [1.165, 1.54) is 4.88 Å². The molecule has 3 heterocycles. The molecule has 1 fully saturated rings. The minimum atomic E-state index is -0.139. The number of aromatic nitrogens is 2. The maximum atomic E-state index is 11.6. The summed E-state index contributed by atoms with van der Waals surface area (Å²) in [6.07, 6.45) is 4.14. The summed E-state index contributed by atoms with van der Waals surface area (Å²) in [5.74, 6) is -0.139. The molecule has 1 atom stereocenters. The molecule has 0 saturated carbocycles. The average Bonchev–Trinajstić information content (AvgIpc) is 3.16. The second kappa shape index (κ2) is 6.81. The van der Waals surface area contributed by atoms with Crippen LogP contribution in [0.2, 0.25) is 4.34 Å². The summed E-state index contributed by atoms with van der Waals surface area (Å²) in [4.78, 5) is 15.3. The Labute approximate surface area is 138 Å². The highest BCUT2D eigenvalue weighted by Crippen LogP contribution is 2.26. The van der Waals surface area contributed by atoms with Crippen LogP contribution in [-0.2, 0) is 6.54 Å². The van der Waals surface area contributed by atoms with E-state index >= 15 is 0 Å². The molecule has 0 aliphatic carbocycles. The number of rotatable bonds is 4. The fraction of sp³-hybridized carbons (Fsp3) is 0.467. The van der Waals surface area contributed by atoms with Crippen molar-refractivity contribution < 1.29 is 4.79 Å². The smallest absolute Gasteiger partial charge is 0.271 e. The fourth-order valence-corrected chi connectivity index (χ4v) is 3.97. The van der Waals surface area contributed by atoms with Crippen molar-refractivity contribution in [3.8, 4) is 0 Å². The van der Waals surface area contributed by atoms with E-state index in [-0.39, 0.29) is 5.91 Å². The topological polar surface area (TPSA) is 50.2 Å². The molecule has 22 heavy (non-hydrogen) atoms. The number of amides is 1. The van der Waals surface area contributed by atoms with Crippen LogP contribution in [0.4, 0.5) is 0 Å². The van der Waals surface area contributed by atoms with Crippen molar-refractivity contribution >= 4 is 28.8 Å². The van der Waals surface area contributed by atoms with Crippen LogP contribution in [0.5, 0.6) is 0 Å². The van der Waals surface area contributed by atoms with Gasteiger partial charge in [0.2, 0.25) is 0 Å². The van der Waals surface area contributed by atoms with Gasteiger partial charge in [-0.15, -0.1) is 11.3 Å². The van der Waals surface area contributed by atoms with E-state index in [9.17, 15) is 4.79 Å². The first-order chi connectivity index (χ1) is 10.7. The summed E-state index contributed by atoms with van der Waals surface area (Å²) in [6.45, 7) is 2.97. The van der Waals surface area contributed by atoms with Crippen molar-refractivity contribution in [1.82, 2.24) is 20.0 Å². The molecule has 5 nitrogen and oxygen atoms in total. The van der Waals surface area contributed by atoms with E-state index in [0.29, 0.717) is 11.7 Å². The third-order valence-electron chi connectivity index (χ3n) is 3.93. The summed E-state index contributed by atoms with van der Waals surface area (Å²) in [5.41, 5.74) is 0.477. The zero-order valence-corrected chi connectivity index (χ0v) is 14.0. The lowest BCUT2D eigenvalue weighted by Crippen LogP contribution is -2.36. The summed E-state index contributed by atoms with van der Waals surface area (Å²) in [6, 6.07) is 6.14. The van der Waals surface area contributed by atoms with Crippen LogP contribution in [0.15, 0.2) is 24.4 Å². The maximum absolute atomic E-state index is 11.6. The molecule has 1 saturated heterocycles. The van der Waals surface area contributed by atoms with Crippen molar-refractivity contribution in [2.75, 3.05) is 20.1 Å². The number of hydrogen-bond donors (Lipinski definition) is 1. The molecule has 1 aliphatic rings. The van der Waals surface area contributed by atoms with Crippen molar-refractivity contribution in [1.29, 1.82) is 0 Å². The van der Waals surface area contributed by atoms with Gasteiger partial charge in [-0.2, -0.15) is 5.10 Å². The van der Waals surface area contributed by atoms with Gasteiger partial charge in [0.05, 0.1) is 10.4 Å². The Balaban J connectivity index is 1.65. The van der Waals surface area contributed by atoms with Gasteiger partial charge in [0.1, 0.15) is 5.69 Å². The van der Waals surface area contributed by atoms with Gasteiger partial charge in [0, 0.05) is 31.2 Å². The van der Waals surface area contributed by atoms with Crippen LogP contribution in [-0.4, -0.2) is 40.7 Å². The molecule has 2 aromatic heterocycles. The molecule has 0 spiro atoms. The molecule has 118 valence electrons. The van der Waals surface area contributed by atoms with E-state index in [2.05, 4.69) is 21.4 Å². The number of carbonyl (C=O) groups is 1. The predicted molar refractivity (Wildman–Crippen MR) is 88.5 cm³/mol. The Morgan fingerprint density at radius 2 is 2.36 bits per heavy atom. The van der Waals surface area contributed by atoms with E-state index in [0.717, 1.165) is 36.8 Å². The Hall–Kier alpha value is -1.37. The van der Waals surface area contributed by atoms with E-state index in [1.54, 1.807) is 24.5 Å². The summed E-state index contributed by atoms with van der Waals surface area (Å²) < 4.78 is 2.77. The number of hydrogen-bond acceptors (Lipinski definition) is 4. The van der Waals surface area contributed by atoms with Gasteiger partial charge < -0.3 is 5.32 Å². The van der Waals surface area contributed by atoms with Gasteiger partial charge in [0.25, 0.3) is 5.91 Å². The molecule has 0 radical (unpaired) electrons. The zero-order chi connectivity index (χ0) is 15.5. The zero-order valence-electron chi connectivity index (χ0n) is 12.5. The molecule has 7 heteroatoms. The average molecular weight is 339 g/mol. The normalized spacial score (nSPS) is 19.3. The second-order valence-electron chi connectivity index (χ2n) is 5.50. The van der Waals surface area contributed by atoms with E-state index in [4.69, 9.17) is 11.6 Å². The van der Waals surface area contributed by atoms with Crippen molar-refractivity contribution in [2.24, 2.45) is 0 Å². The van der Waals surface area contributed by atoms with Gasteiger partial charge in [-0.1, -0.05) is 11.6 Å². The highest BCUT2D eigenvalue weighted by Gasteiger charge is 2.23. The van der Waals surface area contributed by atoms with Crippen molar-refractivity contribution in [3.63, 3.8) is 0 Å². The van der Waals surface area contributed by atoms with Crippen LogP contribution in [0.1, 0.15) is 34.2 Å². The third kappa shape index (κ3) is 3.51. The van der Waals surface area contributed by atoms with Crippen LogP contribution >= 0.6 is 22.9 Å². The standard InChI is InChI=1S/C15H19ClN4OS/c1-17-15(21)13-6-8-20(18-13)11-3-2-7-19(9-11)10-12-4-5-14(16)22-12/h4-6,8,11H,2-3,7,9-10H2,1H3,(H,17,21). The first-order valence-corrected chi connectivity index (χ1v) is 8.59. The lowest BCUT2D eigenvalue weighted by atomic mass is 10.1. The number of nitrogens with one attached hydrogen (secondary N) is 1. The van der Waals surface area contributed by atoms with Crippen molar-refractivity contribution in [2.45, 2.75) is 25.4 Å². The Morgan fingerprint density at radius 1 is 1.50 bits per heavy atom. The number of piperidine rings is 1. The lowest BCUT2D eigenvalue weighted by Gasteiger charge is -2.32. The summed E-state index contributed by atoms with van der Waals surface area (Å²) in [7, 11) is 1.62. The van der Waals surface area contributed by atoms with E-state index < -0.39 is 0 Å². The van der Waals surface area contributed by atoms with Gasteiger partial charge in [-0.25, -0.2) is 0 Å². The molecule has 1 amide bonds. The van der Waals surface area contributed by atoms with Gasteiger partial charge in [-0.3, -0.25) is 14.4 Å². The predicted octanol–water partition coefficient (Wildman–Crippen LogP) is 2.79. The van der Waals surface area contributed by atoms with Crippen LogP contribution in [0, 0.1) is 0 Å². The number of nitrogens with zero attached hydrogens (tertiary/aromatic N) is 3. The van der Waals surface area contributed by atoms with Crippen molar-refractivity contribution in [3.05, 3.63) is 39.3 Å². The molecular formula is C15H19ClN4OS. The fourth-order valence-electron chi connectivity index (χ4n) is 2.84. The lowest BCUT2D eigenvalue weighted by molar-refractivity contribution is 0.0955. The minimum absolute atomic E-state index is 0.139. The molecule has 0 aromatic carbocycles. The quantitative estimate of drug-likeness (QED) is 0.932. The number of halogens is 1. The highest BCUT2D eigenvalue weighted by molar-refractivity contribution is 7.16. The van der Waals surface area contributed by atoms with Crippen LogP contribution in [0.3, 0.4) is 0 Å². The maximum Gasteiger partial charge on any atom is 0.271 e. The molecule has 1 unspecified atom stereocenters. The molecule has 0 bridgehead atoms. The van der Waals surface area contributed by atoms with Gasteiger partial charge >= 0.3 is 0 Å². The van der Waals surface area contributed by atoms with Gasteiger partial charge in [-0.05, 0) is 37.6 Å². The Bertz CT molecular complexity index is 654. The Kier molecular flexibility index (Phi) is 4.81. The Morgan fingerprint density at radius 3 is 3.09 bits per heavy atom. The monoisotopic (exact) mass is 338 g/mol.